The van der Waals surface area contributed by atoms with E-state index in [0.717, 1.165) is 13.1 Å². The molecule has 18 heavy (non-hydrogen) atoms. The molecule has 2 aliphatic heterocycles. The highest BCUT2D eigenvalue weighted by Crippen LogP contribution is 2.35. The average molecular weight is 265 g/mol. The lowest BCUT2D eigenvalue weighted by molar-refractivity contribution is -0.191. The lowest BCUT2D eigenvalue weighted by Crippen LogP contribution is -2.56. The maximum absolute atomic E-state index is 12.7. The van der Waals surface area contributed by atoms with E-state index in [1.54, 1.807) is 5.32 Å². The normalized spacial score (nSPS) is 29.4. The van der Waals surface area contributed by atoms with E-state index in [4.69, 9.17) is 0 Å². The average Bonchev–Trinajstić information content (AvgIpc) is 2.39. The van der Waals surface area contributed by atoms with Gasteiger partial charge in [-0.15, -0.1) is 0 Å². The largest absolute Gasteiger partial charge is 0.420 e. The number of carbonyl (C=O) groups is 2. The fraction of sp³-hybridized carbons (Fsp3) is 0.800. The van der Waals surface area contributed by atoms with Crippen molar-refractivity contribution >= 4 is 11.9 Å². The van der Waals surface area contributed by atoms with E-state index in [1.807, 2.05) is 0 Å². The smallest absolute Gasteiger partial charge is 0.316 e. The van der Waals surface area contributed by atoms with Gasteiger partial charge in [-0.2, -0.15) is 13.2 Å². The highest BCUT2D eigenvalue weighted by molar-refractivity contribution is 6.07. The predicted molar refractivity (Wildman–Crippen MR) is 55.7 cm³/mol. The lowest BCUT2D eigenvalue weighted by Gasteiger charge is -2.28. The molecule has 0 aromatic rings. The number of rotatable bonds is 3. The number of hydrogen-bond acceptors (Lipinski definition) is 3. The second-order valence-corrected chi connectivity index (χ2v) is 4.82. The number of amides is 3. The molecule has 0 aromatic carbocycles. The molecule has 0 saturated carbocycles. The van der Waals surface area contributed by atoms with Gasteiger partial charge in [-0.3, -0.25) is 9.69 Å². The highest BCUT2D eigenvalue weighted by atomic mass is 19.4. The predicted octanol–water partition coefficient (Wildman–Crippen LogP) is 0.469. The summed E-state index contributed by atoms with van der Waals surface area (Å²) in [5, 5.41) is 4.74. The van der Waals surface area contributed by atoms with Gasteiger partial charge in [-0.1, -0.05) is 0 Å². The van der Waals surface area contributed by atoms with Crippen molar-refractivity contribution in [1.82, 2.24) is 15.5 Å². The molecule has 0 aliphatic carbocycles. The first-order chi connectivity index (χ1) is 8.25. The van der Waals surface area contributed by atoms with Gasteiger partial charge >= 0.3 is 12.2 Å². The van der Waals surface area contributed by atoms with E-state index in [9.17, 15) is 22.8 Å². The Morgan fingerprint density at radius 3 is 2.39 bits per heavy atom. The molecule has 0 bridgehead atoms. The van der Waals surface area contributed by atoms with Crippen LogP contribution in [-0.2, 0) is 4.79 Å². The molecule has 2 fully saturated rings. The summed E-state index contributed by atoms with van der Waals surface area (Å²) in [5.41, 5.74) is -2.79. The van der Waals surface area contributed by atoms with Crippen molar-refractivity contribution in [2.75, 3.05) is 19.6 Å². The van der Waals surface area contributed by atoms with Crippen LogP contribution in [0.1, 0.15) is 13.3 Å². The number of hydrogen-bond donors (Lipinski definition) is 2. The van der Waals surface area contributed by atoms with Crippen LogP contribution in [0.2, 0.25) is 0 Å². The standard InChI is InChI=1S/C10H14F3N3O2/c1-9(10(11,12)13)7(17)16(8(18)15-9)3-2-6-4-14-5-6/h6,14H,2-5H2,1H3,(H,15,18). The van der Waals surface area contributed by atoms with Crippen LogP contribution in [0, 0.1) is 5.92 Å². The molecule has 2 heterocycles. The second kappa shape index (κ2) is 4.11. The highest BCUT2D eigenvalue weighted by Gasteiger charge is 2.64. The van der Waals surface area contributed by atoms with E-state index in [2.05, 4.69) is 5.32 Å². The number of imide groups is 1. The first-order valence-corrected chi connectivity index (χ1v) is 5.67. The van der Waals surface area contributed by atoms with Crippen LogP contribution in [0.4, 0.5) is 18.0 Å². The molecule has 8 heteroatoms. The number of alkyl halides is 3. The third-order valence-corrected chi connectivity index (χ3v) is 3.47. The van der Waals surface area contributed by atoms with Gasteiger partial charge in [0.1, 0.15) is 0 Å². The molecule has 1 atom stereocenters. The minimum absolute atomic E-state index is 0.0304. The molecular weight excluding hydrogens is 251 g/mol. The van der Waals surface area contributed by atoms with E-state index >= 15 is 0 Å². The van der Waals surface area contributed by atoms with Crippen LogP contribution in [0.3, 0.4) is 0 Å². The zero-order valence-electron chi connectivity index (χ0n) is 9.80. The molecule has 1 unspecified atom stereocenters. The summed E-state index contributed by atoms with van der Waals surface area (Å²) in [6.45, 7) is 2.28. The fourth-order valence-electron chi connectivity index (χ4n) is 1.96. The van der Waals surface area contributed by atoms with Crippen molar-refractivity contribution in [1.29, 1.82) is 0 Å². The van der Waals surface area contributed by atoms with Gasteiger partial charge in [0.2, 0.25) is 5.54 Å². The number of urea groups is 1. The molecule has 0 radical (unpaired) electrons. The Morgan fingerprint density at radius 2 is 2.00 bits per heavy atom. The number of carbonyl (C=O) groups excluding carboxylic acids is 2. The van der Waals surface area contributed by atoms with Gasteiger partial charge in [-0.05, 0) is 32.4 Å². The van der Waals surface area contributed by atoms with Gasteiger partial charge < -0.3 is 10.6 Å². The van der Waals surface area contributed by atoms with Crippen LogP contribution in [0.25, 0.3) is 0 Å². The fourth-order valence-corrected chi connectivity index (χ4v) is 1.96. The zero-order valence-corrected chi connectivity index (χ0v) is 9.80. The van der Waals surface area contributed by atoms with Crippen LogP contribution < -0.4 is 10.6 Å². The van der Waals surface area contributed by atoms with Crippen molar-refractivity contribution in [2.45, 2.75) is 25.1 Å². The van der Waals surface area contributed by atoms with Gasteiger partial charge in [0, 0.05) is 6.54 Å². The number of nitrogens with one attached hydrogen (secondary N) is 2. The minimum Gasteiger partial charge on any atom is -0.316 e. The summed E-state index contributed by atoms with van der Waals surface area (Å²) in [4.78, 5) is 23.8. The van der Waals surface area contributed by atoms with Crippen LogP contribution in [0.5, 0.6) is 0 Å². The molecule has 0 aromatic heterocycles. The Labute approximate surface area is 102 Å². The minimum atomic E-state index is -4.79. The Morgan fingerprint density at radius 1 is 1.39 bits per heavy atom. The first-order valence-electron chi connectivity index (χ1n) is 5.67. The quantitative estimate of drug-likeness (QED) is 0.729. The summed E-state index contributed by atoms with van der Waals surface area (Å²) in [6.07, 6.45) is -4.26. The van der Waals surface area contributed by atoms with Crippen LogP contribution >= 0.6 is 0 Å². The van der Waals surface area contributed by atoms with Crippen LogP contribution in [0.15, 0.2) is 0 Å². The van der Waals surface area contributed by atoms with Gasteiger partial charge in [0.15, 0.2) is 0 Å². The number of nitrogens with zero attached hydrogens (tertiary/aromatic N) is 1. The summed E-state index contributed by atoms with van der Waals surface area (Å²) in [7, 11) is 0. The maximum atomic E-state index is 12.7. The van der Waals surface area contributed by atoms with Crippen molar-refractivity contribution in [2.24, 2.45) is 5.92 Å². The van der Waals surface area contributed by atoms with Crippen molar-refractivity contribution in [3.8, 4) is 0 Å². The van der Waals surface area contributed by atoms with Crippen molar-refractivity contribution < 1.29 is 22.8 Å². The SMILES string of the molecule is CC1(C(F)(F)F)NC(=O)N(CCC2CNC2)C1=O. The lowest BCUT2D eigenvalue weighted by atomic mass is 9.98. The van der Waals surface area contributed by atoms with E-state index < -0.39 is 23.7 Å². The summed E-state index contributed by atoms with van der Waals surface area (Å²) < 4.78 is 38.2. The zero-order chi connectivity index (χ0) is 13.6. The van der Waals surface area contributed by atoms with Gasteiger partial charge in [0.05, 0.1) is 0 Å². The molecule has 5 nitrogen and oxygen atoms in total. The van der Waals surface area contributed by atoms with Gasteiger partial charge in [0.25, 0.3) is 5.91 Å². The Hall–Kier alpha value is -1.31. The first kappa shape index (κ1) is 13.1. The third-order valence-electron chi connectivity index (χ3n) is 3.47. The number of halogens is 3. The van der Waals surface area contributed by atoms with E-state index in [0.29, 0.717) is 24.2 Å². The van der Waals surface area contributed by atoms with Crippen molar-refractivity contribution in [3.05, 3.63) is 0 Å². The van der Waals surface area contributed by atoms with Crippen molar-refractivity contribution in [3.63, 3.8) is 0 Å². The van der Waals surface area contributed by atoms with Crippen LogP contribution in [-0.4, -0.2) is 48.2 Å². The van der Waals surface area contributed by atoms with E-state index in [1.165, 1.54) is 0 Å². The molecule has 2 N–H and O–H groups in total. The molecule has 2 aliphatic rings. The molecule has 2 rings (SSSR count). The van der Waals surface area contributed by atoms with Gasteiger partial charge in [-0.25, -0.2) is 4.79 Å². The Kier molecular flexibility index (Phi) is 3.00. The summed E-state index contributed by atoms with van der Waals surface area (Å²) in [5.74, 6) is -0.893. The van der Waals surface area contributed by atoms with E-state index in [-0.39, 0.29) is 6.54 Å². The topological polar surface area (TPSA) is 61.4 Å². The monoisotopic (exact) mass is 265 g/mol. The molecule has 102 valence electrons. The molecule has 3 amide bonds. The summed E-state index contributed by atoms with van der Waals surface area (Å²) >= 11 is 0. The molecular formula is C10H14F3N3O2. The summed E-state index contributed by atoms with van der Waals surface area (Å²) in [6, 6.07) is -0.966. The third kappa shape index (κ3) is 1.94. The molecule has 2 saturated heterocycles. The maximum Gasteiger partial charge on any atom is 0.420 e. The Balaban J connectivity index is 2.04. The Bertz CT molecular complexity index is 381. The second-order valence-electron chi connectivity index (χ2n) is 4.82. The molecule has 0 spiro atoms.